The average molecular weight is 332 g/mol. The van der Waals surface area contributed by atoms with Crippen LogP contribution in [0.1, 0.15) is 17.2 Å². The van der Waals surface area contributed by atoms with Crippen molar-refractivity contribution in [1.29, 1.82) is 0 Å². The Balaban J connectivity index is 2.23. The maximum atomic E-state index is 12.0. The van der Waals surface area contributed by atoms with Crippen LogP contribution in [-0.4, -0.2) is 13.1 Å². The lowest BCUT2D eigenvalue weighted by Crippen LogP contribution is -2.20. The molecule has 0 fully saturated rings. The maximum absolute atomic E-state index is 12.0. The van der Waals surface area contributed by atoms with Crippen LogP contribution in [0.3, 0.4) is 0 Å². The van der Waals surface area contributed by atoms with Gasteiger partial charge in [-0.25, -0.2) is 4.79 Å². The maximum Gasteiger partial charge on any atom is 0.351 e. The van der Waals surface area contributed by atoms with Crippen LogP contribution in [0, 0.1) is 0 Å². The van der Waals surface area contributed by atoms with Gasteiger partial charge in [0.2, 0.25) is 6.10 Å². The van der Waals surface area contributed by atoms with Gasteiger partial charge in [0, 0.05) is 15.5 Å². The van der Waals surface area contributed by atoms with Crippen LogP contribution < -0.4 is 4.74 Å². The summed E-state index contributed by atoms with van der Waals surface area (Å²) < 4.78 is 10.5. The molecule has 23 heavy (non-hydrogen) atoms. The third-order valence-corrected chi connectivity index (χ3v) is 3.44. The molecule has 0 heterocycles. The summed E-state index contributed by atoms with van der Waals surface area (Å²) in [6, 6.07) is 13.8. The number of ether oxygens (including phenoxy) is 2. The van der Waals surface area contributed by atoms with Gasteiger partial charge in [0.15, 0.2) is 0 Å². The van der Waals surface area contributed by atoms with Crippen molar-refractivity contribution in [2.24, 2.45) is 5.11 Å². The zero-order valence-electron chi connectivity index (χ0n) is 12.3. The highest BCUT2D eigenvalue weighted by atomic mass is 35.5. The lowest BCUT2D eigenvalue weighted by atomic mass is 10.1. The van der Waals surface area contributed by atoms with Crippen molar-refractivity contribution in [2.75, 3.05) is 7.11 Å². The van der Waals surface area contributed by atoms with Crippen molar-refractivity contribution in [1.82, 2.24) is 0 Å². The average Bonchev–Trinajstić information content (AvgIpc) is 2.59. The predicted octanol–water partition coefficient (Wildman–Crippen LogP) is 4.44. The van der Waals surface area contributed by atoms with Crippen molar-refractivity contribution < 1.29 is 14.3 Å². The Bertz CT molecular complexity index is 728. The fraction of sp³-hybridized carbons (Fsp3) is 0.188. The fourth-order valence-corrected chi connectivity index (χ4v) is 2.19. The molecule has 0 saturated carbocycles. The van der Waals surface area contributed by atoms with Crippen LogP contribution in [0.2, 0.25) is 5.02 Å². The van der Waals surface area contributed by atoms with Crippen LogP contribution in [0.4, 0.5) is 0 Å². The molecule has 118 valence electrons. The van der Waals surface area contributed by atoms with Gasteiger partial charge in [-0.1, -0.05) is 47.0 Å². The largest absolute Gasteiger partial charge is 0.474 e. The van der Waals surface area contributed by atoms with Crippen LogP contribution >= 0.6 is 11.6 Å². The fourth-order valence-electron chi connectivity index (χ4n) is 1.96. The first-order chi connectivity index (χ1) is 11.2. The lowest BCUT2D eigenvalue weighted by Gasteiger charge is -2.18. The van der Waals surface area contributed by atoms with E-state index in [1.807, 2.05) is 0 Å². The number of halogens is 1. The van der Waals surface area contributed by atoms with E-state index in [0.717, 1.165) is 5.56 Å². The Kier molecular flexibility index (Phi) is 5.86. The first-order valence-electron chi connectivity index (χ1n) is 6.74. The summed E-state index contributed by atoms with van der Waals surface area (Å²) in [5, 5.41) is 3.90. The van der Waals surface area contributed by atoms with E-state index < -0.39 is 12.1 Å². The van der Waals surface area contributed by atoms with E-state index in [9.17, 15) is 4.79 Å². The SMILES string of the molecule is COC(=O)C(Oc1ccc(CN=[N+]=[N-])cc1)c1ccccc1Cl. The molecule has 2 aromatic carbocycles. The Labute approximate surface area is 138 Å². The van der Waals surface area contributed by atoms with Crippen LogP contribution in [0.15, 0.2) is 53.6 Å². The number of azide groups is 1. The van der Waals surface area contributed by atoms with Gasteiger partial charge in [-0.3, -0.25) is 0 Å². The second-order valence-corrected chi connectivity index (χ2v) is 4.98. The van der Waals surface area contributed by atoms with Crippen molar-refractivity contribution in [3.63, 3.8) is 0 Å². The molecule has 0 aliphatic rings. The number of nitrogens with zero attached hydrogens (tertiary/aromatic N) is 3. The van der Waals surface area contributed by atoms with Gasteiger partial charge in [-0.2, -0.15) is 0 Å². The number of carbonyl (C=O) groups excluding carboxylic acids is 1. The van der Waals surface area contributed by atoms with Gasteiger partial charge in [-0.05, 0) is 29.3 Å². The number of carbonyl (C=O) groups is 1. The van der Waals surface area contributed by atoms with Crippen LogP contribution in [0.25, 0.3) is 10.4 Å². The summed E-state index contributed by atoms with van der Waals surface area (Å²) in [5.41, 5.74) is 9.67. The van der Waals surface area contributed by atoms with E-state index in [0.29, 0.717) is 16.3 Å². The number of hydrogen-bond acceptors (Lipinski definition) is 4. The second kappa shape index (κ2) is 8.08. The topological polar surface area (TPSA) is 84.3 Å². The van der Waals surface area contributed by atoms with Gasteiger partial charge < -0.3 is 9.47 Å². The number of hydrogen-bond donors (Lipinski definition) is 0. The molecular formula is C16H14ClN3O3. The van der Waals surface area contributed by atoms with Gasteiger partial charge in [0.25, 0.3) is 0 Å². The van der Waals surface area contributed by atoms with Crippen LogP contribution in [0.5, 0.6) is 5.75 Å². The molecule has 1 unspecified atom stereocenters. The molecule has 0 aliphatic heterocycles. The normalized spacial score (nSPS) is 11.2. The monoisotopic (exact) mass is 331 g/mol. The van der Waals surface area contributed by atoms with Gasteiger partial charge in [0.1, 0.15) is 5.75 Å². The Morgan fingerprint density at radius 3 is 2.57 bits per heavy atom. The molecule has 1 atom stereocenters. The third-order valence-electron chi connectivity index (χ3n) is 3.10. The van der Waals surface area contributed by atoms with E-state index in [1.165, 1.54) is 7.11 Å². The number of esters is 1. The molecule has 0 N–H and O–H groups in total. The van der Waals surface area contributed by atoms with Gasteiger partial charge in [0.05, 0.1) is 13.7 Å². The molecule has 0 amide bonds. The highest BCUT2D eigenvalue weighted by Crippen LogP contribution is 2.28. The van der Waals surface area contributed by atoms with E-state index in [-0.39, 0.29) is 6.54 Å². The Hall–Kier alpha value is -2.69. The quantitative estimate of drug-likeness (QED) is 0.339. The molecule has 0 aromatic heterocycles. The van der Waals surface area contributed by atoms with E-state index in [2.05, 4.69) is 10.0 Å². The highest BCUT2D eigenvalue weighted by molar-refractivity contribution is 6.31. The number of methoxy groups -OCH3 is 1. The summed E-state index contributed by atoms with van der Waals surface area (Å²) in [6.45, 7) is 0.252. The molecule has 2 rings (SSSR count). The summed E-state index contributed by atoms with van der Waals surface area (Å²) in [7, 11) is 1.29. The molecule has 0 bridgehead atoms. The first kappa shape index (κ1) is 16.7. The van der Waals surface area contributed by atoms with E-state index in [4.69, 9.17) is 26.6 Å². The minimum absolute atomic E-state index is 0.252. The van der Waals surface area contributed by atoms with Gasteiger partial charge >= 0.3 is 5.97 Å². The molecular weight excluding hydrogens is 318 g/mol. The minimum atomic E-state index is -0.961. The smallest absolute Gasteiger partial charge is 0.351 e. The Morgan fingerprint density at radius 1 is 1.26 bits per heavy atom. The molecule has 0 spiro atoms. The molecule has 7 heteroatoms. The Morgan fingerprint density at radius 2 is 1.96 bits per heavy atom. The molecule has 2 aromatic rings. The summed E-state index contributed by atoms with van der Waals surface area (Å²) in [6.07, 6.45) is -0.961. The van der Waals surface area contributed by atoms with Crippen molar-refractivity contribution in [3.8, 4) is 5.75 Å². The molecule has 0 saturated heterocycles. The molecule has 0 radical (unpaired) electrons. The van der Waals surface area contributed by atoms with Crippen molar-refractivity contribution >= 4 is 17.6 Å². The van der Waals surface area contributed by atoms with Crippen molar-refractivity contribution in [3.05, 3.63) is 75.1 Å². The summed E-state index contributed by atoms with van der Waals surface area (Å²) >= 11 is 6.13. The highest BCUT2D eigenvalue weighted by Gasteiger charge is 2.25. The minimum Gasteiger partial charge on any atom is -0.474 e. The van der Waals surface area contributed by atoms with E-state index in [1.54, 1.807) is 48.5 Å². The second-order valence-electron chi connectivity index (χ2n) is 4.58. The summed E-state index contributed by atoms with van der Waals surface area (Å²) in [4.78, 5) is 14.7. The zero-order valence-corrected chi connectivity index (χ0v) is 13.1. The number of benzene rings is 2. The van der Waals surface area contributed by atoms with Crippen LogP contribution in [-0.2, 0) is 16.1 Å². The third kappa shape index (κ3) is 4.39. The predicted molar refractivity (Wildman–Crippen MR) is 86.1 cm³/mol. The molecule has 0 aliphatic carbocycles. The first-order valence-corrected chi connectivity index (χ1v) is 7.12. The van der Waals surface area contributed by atoms with E-state index >= 15 is 0 Å². The lowest BCUT2D eigenvalue weighted by molar-refractivity contribution is -0.149. The number of rotatable bonds is 6. The van der Waals surface area contributed by atoms with Gasteiger partial charge in [-0.15, -0.1) is 0 Å². The zero-order chi connectivity index (χ0) is 16.7. The standard InChI is InChI=1S/C16H14ClN3O3/c1-22-16(21)15(13-4-2-3-5-14(13)17)23-12-8-6-11(7-9-12)10-19-20-18/h2-9,15H,10H2,1H3. The summed E-state index contributed by atoms with van der Waals surface area (Å²) in [5.74, 6) is -0.0683. The molecule has 6 nitrogen and oxygen atoms in total. The van der Waals surface area contributed by atoms with Crippen molar-refractivity contribution in [2.45, 2.75) is 12.6 Å².